The molecule has 2 unspecified atom stereocenters. The summed E-state index contributed by atoms with van der Waals surface area (Å²) in [6, 6.07) is 2.13. The average molecular weight is 271 g/mol. The van der Waals surface area contributed by atoms with Gasteiger partial charge in [-0.05, 0) is 18.4 Å². The number of hydrogen-bond acceptors (Lipinski definition) is 2. The molecule has 0 saturated heterocycles. The van der Waals surface area contributed by atoms with Gasteiger partial charge in [-0.15, -0.1) is 0 Å². The maximum Gasteiger partial charge on any atom is 0.134 e. The monoisotopic (exact) mass is 271 g/mol. The molecule has 0 bridgehead atoms. The fourth-order valence-electron chi connectivity index (χ4n) is 2.13. The Morgan fingerprint density at radius 2 is 1.68 bits per heavy atom. The van der Waals surface area contributed by atoms with E-state index in [0.29, 0.717) is 12.5 Å². The number of rotatable bonds is 6. The van der Waals surface area contributed by atoms with Crippen molar-refractivity contribution in [3.05, 3.63) is 29.3 Å². The van der Waals surface area contributed by atoms with Gasteiger partial charge >= 0.3 is 0 Å². The SMILES string of the molecule is CCNC(c1c(F)cc(OC)cc1F)C(C)C(C)C. The van der Waals surface area contributed by atoms with E-state index in [1.165, 1.54) is 19.2 Å². The number of hydrogen-bond donors (Lipinski definition) is 1. The number of halogens is 2. The van der Waals surface area contributed by atoms with Gasteiger partial charge in [0.15, 0.2) is 0 Å². The van der Waals surface area contributed by atoms with Crippen LogP contribution in [0.15, 0.2) is 12.1 Å². The van der Waals surface area contributed by atoms with Gasteiger partial charge in [-0.25, -0.2) is 8.78 Å². The van der Waals surface area contributed by atoms with Crippen LogP contribution < -0.4 is 10.1 Å². The Bertz CT molecular complexity index is 398. The summed E-state index contributed by atoms with van der Waals surface area (Å²) >= 11 is 0. The van der Waals surface area contributed by atoms with Gasteiger partial charge in [-0.2, -0.15) is 0 Å². The molecule has 4 heteroatoms. The van der Waals surface area contributed by atoms with Crippen molar-refractivity contribution in [2.45, 2.75) is 33.7 Å². The summed E-state index contributed by atoms with van der Waals surface area (Å²) in [5.41, 5.74) is 0.101. The summed E-state index contributed by atoms with van der Waals surface area (Å²) in [5, 5.41) is 3.18. The lowest BCUT2D eigenvalue weighted by atomic mass is 9.85. The Morgan fingerprint density at radius 1 is 1.16 bits per heavy atom. The Balaban J connectivity index is 3.22. The zero-order chi connectivity index (χ0) is 14.6. The second-order valence-electron chi connectivity index (χ2n) is 5.14. The van der Waals surface area contributed by atoms with Crippen molar-refractivity contribution in [3.8, 4) is 5.75 Å². The molecule has 0 fully saturated rings. The van der Waals surface area contributed by atoms with Crippen molar-refractivity contribution in [2.75, 3.05) is 13.7 Å². The smallest absolute Gasteiger partial charge is 0.134 e. The van der Waals surface area contributed by atoms with Crippen LogP contribution >= 0.6 is 0 Å². The molecule has 0 amide bonds. The predicted molar refractivity (Wildman–Crippen MR) is 73.3 cm³/mol. The van der Waals surface area contributed by atoms with Gasteiger partial charge in [0.05, 0.1) is 7.11 Å². The van der Waals surface area contributed by atoms with E-state index < -0.39 is 11.6 Å². The minimum atomic E-state index is -0.560. The molecule has 0 aromatic heterocycles. The predicted octanol–water partition coefficient (Wildman–Crippen LogP) is 3.92. The molecule has 0 heterocycles. The molecule has 1 rings (SSSR count). The van der Waals surface area contributed by atoms with E-state index in [1.807, 2.05) is 27.7 Å². The van der Waals surface area contributed by atoms with Crippen LogP contribution in [-0.2, 0) is 0 Å². The van der Waals surface area contributed by atoms with Crippen LogP contribution in [0.4, 0.5) is 8.78 Å². The van der Waals surface area contributed by atoms with Gasteiger partial charge in [0.25, 0.3) is 0 Å². The molecule has 0 spiro atoms. The number of nitrogens with one attached hydrogen (secondary N) is 1. The molecule has 1 N–H and O–H groups in total. The third kappa shape index (κ3) is 3.66. The molecule has 0 radical (unpaired) electrons. The lowest BCUT2D eigenvalue weighted by Gasteiger charge is -2.29. The highest BCUT2D eigenvalue weighted by Crippen LogP contribution is 2.33. The van der Waals surface area contributed by atoms with E-state index in [-0.39, 0.29) is 23.3 Å². The topological polar surface area (TPSA) is 21.3 Å². The highest BCUT2D eigenvalue weighted by molar-refractivity contribution is 5.33. The number of ether oxygens (including phenoxy) is 1. The molecule has 0 aliphatic heterocycles. The second-order valence-corrected chi connectivity index (χ2v) is 5.14. The maximum atomic E-state index is 14.1. The van der Waals surface area contributed by atoms with Crippen LogP contribution in [0.25, 0.3) is 0 Å². The van der Waals surface area contributed by atoms with E-state index in [0.717, 1.165) is 0 Å². The highest BCUT2D eigenvalue weighted by atomic mass is 19.1. The van der Waals surface area contributed by atoms with Gasteiger partial charge in [-0.3, -0.25) is 0 Å². The molecule has 0 aliphatic carbocycles. The summed E-state index contributed by atoms with van der Waals surface area (Å²) in [6.07, 6.45) is 0. The standard InChI is InChI=1S/C15H23F2NO/c1-6-18-15(10(4)9(2)3)14-12(16)7-11(19-5)8-13(14)17/h7-10,15,18H,6H2,1-5H3. The summed E-state index contributed by atoms with van der Waals surface area (Å²) in [4.78, 5) is 0. The van der Waals surface area contributed by atoms with Crippen molar-refractivity contribution in [1.82, 2.24) is 5.32 Å². The maximum absolute atomic E-state index is 14.1. The number of benzene rings is 1. The quantitative estimate of drug-likeness (QED) is 0.846. The molecule has 19 heavy (non-hydrogen) atoms. The first-order chi connectivity index (χ1) is 8.92. The minimum Gasteiger partial charge on any atom is -0.497 e. The Hall–Kier alpha value is -1.16. The van der Waals surface area contributed by atoms with Gasteiger partial charge in [-0.1, -0.05) is 27.7 Å². The summed E-state index contributed by atoms with van der Waals surface area (Å²) < 4.78 is 33.1. The molecule has 2 atom stereocenters. The van der Waals surface area contributed by atoms with E-state index in [4.69, 9.17) is 4.74 Å². The average Bonchev–Trinajstić information content (AvgIpc) is 2.35. The molecular weight excluding hydrogens is 248 g/mol. The van der Waals surface area contributed by atoms with Crippen LogP contribution in [0.1, 0.15) is 39.3 Å². The van der Waals surface area contributed by atoms with Crippen molar-refractivity contribution in [1.29, 1.82) is 0 Å². The van der Waals surface area contributed by atoms with Crippen LogP contribution in [0.3, 0.4) is 0 Å². The van der Waals surface area contributed by atoms with E-state index in [1.54, 1.807) is 0 Å². The largest absolute Gasteiger partial charge is 0.497 e. The Morgan fingerprint density at radius 3 is 2.05 bits per heavy atom. The molecule has 108 valence electrons. The third-order valence-electron chi connectivity index (χ3n) is 3.60. The second kappa shape index (κ2) is 6.85. The fraction of sp³-hybridized carbons (Fsp3) is 0.600. The minimum absolute atomic E-state index is 0.101. The first kappa shape index (κ1) is 15.9. The van der Waals surface area contributed by atoms with E-state index >= 15 is 0 Å². The van der Waals surface area contributed by atoms with Gasteiger partial charge in [0.1, 0.15) is 17.4 Å². The summed E-state index contributed by atoms with van der Waals surface area (Å²) in [6.45, 7) is 8.69. The van der Waals surface area contributed by atoms with Crippen LogP contribution in [0.2, 0.25) is 0 Å². The van der Waals surface area contributed by atoms with Crippen molar-refractivity contribution >= 4 is 0 Å². The Kier molecular flexibility index (Phi) is 5.73. The molecule has 0 aliphatic rings. The Labute approximate surface area is 114 Å². The van der Waals surface area contributed by atoms with Crippen molar-refractivity contribution in [3.63, 3.8) is 0 Å². The summed E-state index contributed by atoms with van der Waals surface area (Å²) in [7, 11) is 1.40. The highest BCUT2D eigenvalue weighted by Gasteiger charge is 2.27. The van der Waals surface area contributed by atoms with Crippen LogP contribution in [0.5, 0.6) is 5.75 Å². The van der Waals surface area contributed by atoms with Crippen LogP contribution in [0, 0.1) is 23.5 Å². The van der Waals surface area contributed by atoms with Crippen molar-refractivity contribution in [2.24, 2.45) is 11.8 Å². The molecule has 1 aromatic carbocycles. The van der Waals surface area contributed by atoms with Crippen LogP contribution in [-0.4, -0.2) is 13.7 Å². The van der Waals surface area contributed by atoms with E-state index in [9.17, 15) is 8.78 Å². The summed E-state index contributed by atoms with van der Waals surface area (Å²) in [5.74, 6) is -0.473. The third-order valence-corrected chi connectivity index (χ3v) is 3.60. The number of methoxy groups -OCH3 is 1. The molecule has 2 nitrogen and oxygen atoms in total. The molecular formula is C15H23F2NO. The van der Waals surface area contributed by atoms with Crippen molar-refractivity contribution < 1.29 is 13.5 Å². The van der Waals surface area contributed by atoms with Gasteiger partial charge in [0, 0.05) is 23.7 Å². The zero-order valence-electron chi connectivity index (χ0n) is 12.3. The first-order valence-corrected chi connectivity index (χ1v) is 6.68. The molecule has 1 aromatic rings. The lowest BCUT2D eigenvalue weighted by Crippen LogP contribution is -2.31. The van der Waals surface area contributed by atoms with Gasteiger partial charge in [0.2, 0.25) is 0 Å². The zero-order valence-corrected chi connectivity index (χ0v) is 12.3. The van der Waals surface area contributed by atoms with Gasteiger partial charge < -0.3 is 10.1 Å². The van der Waals surface area contributed by atoms with E-state index in [2.05, 4.69) is 5.32 Å². The lowest BCUT2D eigenvalue weighted by molar-refractivity contribution is 0.292. The first-order valence-electron chi connectivity index (χ1n) is 6.68. The molecule has 0 saturated carbocycles. The fourth-order valence-corrected chi connectivity index (χ4v) is 2.13. The normalized spacial score (nSPS) is 14.5.